The molecular weight excluding hydrogens is 498 g/mol. The van der Waals surface area contributed by atoms with E-state index in [4.69, 9.17) is 31.6 Å². The van der Waals surface area contributed by atoms with Gasteiger partial charge in [-0.25, -0.2) is 0 Å². The number of halogens is 1. The summed E-state index contributed by atoms with van der Waals surface area (Å²) in [5, 5.41) is 12.2. The van der Waals surface area contributed by atoms with Crippen LogP contribution < -0.4 is 14.5 Å². The second-order valence-electron chi connectivity index (χ2n) is 10.9. The fraction of sp³-hybridized carbons (Fsp3) is 0.483. The molecule has 9 heteroatoms. The molecule has 0 N–H and O–H groups in total. The Bertz CT molecular complexity index is 1360. The van der Waals surface area contributed by atoms with Crippen molar-refractivity contribution in [2.75, 3.05) is 63.2 Å². The van der Waals surface area contributed by atoms with Gasteiger partial charge in [0.1, 0.15) is 12.4 Å². The summed E-state index contributed by atoms with van der Waals surface area (Å²) in [5.74, 6) is 1.45. The first-order valence-electron chi connectivity index (χ1n) is 13.5. The highest BCUT2D eigenvalue weighted by Gasteiger charge is 2.34. The van der Waals surface area contributed by atoms with Crippen LogP contribution in [0, 0.1) is 17.4 Å². The van der Waals surface area contributed by atoms with Crippen LogP contribution in [-0.2, 0) is 13.0 Å². The van der Waals surface area contributed by atoms with Gasteiger partial charge in [0.25, 0.3) is 0 Å². The number of nitrogens with zero attached hydrogens (tertiary/aromatic N) is 7. The van der Waals surface area contributed by atoms with Gasteiger partial charge in [-0.15, -0.1) is 0 Å². The standard InChI is InChI=1S/C29H34ClN7O/c1-34(19-31)14-20-15-37(16-20)28-23-11-13-36(26-10-4-7-21-6-3-9-24(30)27(21)26)17-25(23)32-29(33-28)38-18-22-8-5-12-35(22)2/h3-4,6-7,9-10,20,22H,5,8,11-18H2,1-2H3/t22-/m0/s1. The van der Waals surface area contributed by atoms with E-state index in [1.165, 1.54) is 12.0 Å². The summed E-state index contributed by atoms with van der Waals surface area (Å²) in [6, 6.07) is 13.3. The molecule has 38 heavy (non-hydrogen) atoms. The minimum atomic E-state index is 0.405. The number of hydrogen-bond donors (Lipinski definition) is 0. The first-order chi connectivity index (χ1) is 18.5. The number of likely N-dealkylation sites (N-methyl/N-ethyl adjacent to an activating group) is 1. The molecule has 0 bridgehead atoms. The maximum atomic E-state index is 9.16. The molecule has 0 amide bonds. The molecule has 0 unspecified atom stereocenters. The molecule has 0 radical (unpaired) electrons. The number of ether oxygens (including phenoxy) is 1. The fourth-order valence-corrected chi connectivity index (χ4v) is 6.39. The summed E-state index contributed by atoms with van der Waals surface area (Å²) in [7, 11) is 4.00. The lowest BCUT2D eigenvalue weighted by molar-refractivity contribution is 0.187. The van der Waals surface area contributed by atoms with Gasteiger partial charge < -0.3 is 24.3 Å². The molecule has 6 rings (SSSR count). The molecule has 3 aliphatic rings. The van der Waals surface area contributed by atoms with Crippen molar-refractivity contribution < 1.29 is 4.74 Å². The molecule has 2 aromatic carbocycles. The third-order valence-corrected chi connectivity index (χ3v) is 8.55. The zero-order valence-corrected chi connectivity index (χ0v) is 22.9. The Morgan fingerprint density at radius 3 is 2.71 bits per heavy atom. The van der Waals surface area contributed by atoms with Crippen molar-refractivity contribution in [1.82, 2.24) is 19.8 Å². The third kappa shape index (κ3) is 4.81. The Labute approximate surface area is 229 Å². The highest BCUT2D eigenvalue weighted by Crippen LogP contribution is 2.38. The maximum absolute atomic E-state index is 9.16. The smallest absolute Gasteiger partial charge is 0.318 e. The third-order valence-electron chi connectivity index (χ3n) is 8.23. The van der Waals surface area contributed by atoms with E-state index >= 15 is 0 Å². The summed E-state index contributed by atoms with van der Waals surface area (Å²) in [5.41, 5.74) is 3.38. The summed E-state index contributed by atoms with van der Waals surface area (Å²) < 4.78 is 6.24. The van der Waals surface area contributed by atoms with Gasteiger partial charge in [-0.1, -0.05) is 35.9 Å². The van der Waals surface area contributed by atoms with E-state index < -0.39 is 0 Å². The van der Waals surface area contributed by atoms with Crippen LogP contribution in [0.3, 0.4) is 0 Å². The van der Waals surface area contributed by atoms with E-state index in [-0.39, 0.29) is 0 Å². The van der Waals surface area contributed by atoms with Crippen LogP contribution in [-0.4, -0.2) is 79.2 Å². The zero-order chi connectivity index (χ0) is 26.2. The Kier molecular flexibility index (Phi) is 6.89. The van der Waals surface area contributed by atoms with E-state index in [0.29, 0.717) is 31.1 Å². The van der Waals surface area contributed by atoms with Crippen molar-refractivity contribution in [3.05, 3.63) is 52.7 Å². The Morgan fingerprint density at radius 1 is 1.13 bits per heavy atom. The summed E-state index contributed by atoms with van der Waals surface area (Å²) >= 11 is 6.67. The highest BCUT2D eigenvalue weighted by atomic mass is 35.5. The lowest BCUT2D eigenvalue weighted by Gasteiger charge is -2.43. The van der Waals surface area contributed by atoms with Crippen molar-refractivity contribution in [1.29, 1.82) is 5.26 Å². The number of rotatable bonds is 7. The molecule has 4 heterocycles. The largest absolute Gasteiger partial charge is 0.462 e. The topological polar surface area (TPSA) is 71.8 Å². The van der Waals surface area contributed by atoms with Gasteiger partial charge in [0, 0.05) is 61.8 Å². The van der Waals surface area contributed by atoms with Crippen LogP contribution in [0.4, 0.5) is 11.5 Å². The van der Waals surface area contributed by atoms with Gasteiger partial charge in [0.2, 0.25) is 0 Å². The average molecular weight is 532 g/mol. The fourth-order valence-electron chi connectivity index (χ4n) is 6.11. The number of likely N-dealkylation sites (tertiary alicyclic amines) is 1. The van der Waals surface area contributed by atoms with Gasteiger partial charge in [-0.2, -0.15) is 15.2 Å². The Balaban J connectivity index is 1.29. The molecular formula is C29H34ClN7O. The summed E-state index contributed by atoms with van der Waals surface area (Å²) in [6.07, 6.45) is 5.42. The van der Waals surface area contributed by atoms with Crippen LogP contribution in [0.1, 0.15) is 24.1 Å². The molecule has 1 atom stereocenters. The number of nitriles is 1. The van der Waals surface area contributed by atoms with Gasteiger partial charge in [-0.05, 0) is 50.4 Å². The predicted octanol–water partition coefficient (Wildman–Crippen LogP) is 4.17. The minimum Gasteiger partial charge on any atom is -0.462 e. The monoisotopic (exact) mass is 531 g/mol. The lowest BCUT2D eigenvalue weighted by atomic mass is 9.96. The molecule has 198 valence electrons. The lowest BCUT2D eigenvalue weighted by Crippen LogP contribution is -2.51. The van der Waals surface area contributed by atoms with Gasteiger partial charge >= 0.3 is 6.01 Å². The van der Waals surface area contributed by atoms with E-state index in [1.807, 2.05) is 19.2 Å². The number of hydrogen-bond acceptors (Lipinski definition) is 8. The number of aromatic nitrogens is 2. The molecule has 8 nitrogen and oxygen atoms in total. The van der Waals surface area contributed by atoms with Crippen LogP contribution in [0.15, 0.2) is 36.4 Å². The zero-order valence-electron chi connectivity index (χ0n) is 22.1. The van der Waals surface area contributed by atoms with Crippen molar-refractivity contribution >= 4 is 33.9 Å². The number of anilines is 2. The molecule has 1 aromatic heterocycles. The van der Waals surface area contributed by atoms with E-state index in [0.717, 1.165) is 78.6 Å². The number of benzene rings is 2. The quantitative estimate of drug-likeness (QED) is 0.332. The molecule has 3 aromatic rings. The average Bonchev–Trinajstić information content (AvgIpc) is 3.32. The van der Waals surface area contributed by atoms with Crippen LogP contribution in [0.5, 0.6) is 6.01 Å². The first-order valence-corrected chi connectivity index (χ1v) is 13.9. The molecule has 2 saturated heterocycles. The van der Waals surface area contributed by atoms with Gasteiger partial charge in [0.05, 0.1) is 17.3 Å². The van der Waals surface area contributed by atoms with E-state index in [2.05, 4.69) is 52.2 Å². The minimum absolute atomic E-state index is 0.405. The van der Waals surface area contributed by atoms with Crippen LogP contribution in [0.2, 0.25) is 5.02 Å². The molecule has 0 saturated carbocycles. The second kappa shape index (κ2) is 10.5. The highest BCUT2D eigenvalue weighted by molar-refractivity contribution is 6.36. The van der Waals surface area contributed by atoms with E-state index in [1.54, 1.807) is 4.90 Å². The normalized spacial score (nSPS) is 19.8. The Hall–Kier alpha value is -3.28. The maximum Gasteiger partial charge on any atom is 0.318 e. The summed E-state index contributed by atoms with van der Waals surface area (Å²) in [4.78, 5) is 18.7. The molecule has 2 fully saturated rings. The van der Waals surface area contributed by atoms with Crippen molar-refractivity contribution in [3.8, 4) is 12.2 Å². The summed E-state index contributed by atoms with van der Waals surface area (Å²) in [6.45, 7) is 5.82. The predicted molar refractivity (Wildman–Crippen MR) is 151 cm³/mol. The van der Waals surface area contributed by atoms with Crippen LogP contribution in [0.25, 0.3) is 10.8 Å². The first kappa shape index (κ1) is 25.0. The molecule has 3 aliphatic heterocycles. The van der Waals surface area contributed by atoms with Crippen LogP contribution >= 0.6 is 11.6 Å². The van der Waals surface area contributed by atoms with Crippen molar-refractivity contribution in [2.45, 2.75) is 31.8 Å². The Morgan fingerprint density at radius 2 is 1.95 bits per heavy atom. The van der Waals surface area contributed by atoms with Gasteiger partial charge in [-0.3, -0.25) is 0 Å². The second-order valence-corrected chi connectivity index (χ2v) is 11.3. The van der Waals surface area contributed by atoms with E-state index in [9.17, 15) is 0 Å². The van der Waals surface area contributed by atoms with Crippen molar-refractivity contribution in [2.24, 2.45) is 5.92 Å². The molecule has 0 spiro atoms. The molecule has 0 aliphatic carbocycles. The number of fused-ring (bicyclic) bond motifs is 2. The van der Waals surface area contributed by atoms with Gasteiger partial charge in [0.15, 0.2) is 6.19 Å². The SMILES string of the molecule is CN(C#N)CC1CN(c2nc(OC[C@@H]3CCCN3C)nc3c2CCN(c2cccc4cccc(Cl)c24)C3)C1. The van der Waals surface area contributed by atoms with Crippen molar-refractivity contribution in [3.63, 3.8) is 0 Å².